The van der Waals surface area contributed by atoms with E-state index >= 15 is 0 Å². The number of rotatable bonds is 4. The third-order valence-corrected chi connectivity index (χ3v) is 1.85. The minimum absolute atomic E-state index is 0.0331. The SMILES string of the molecule is Cc1cc(NC(=O)CNC(C)C)ccn1. The van der Waals surface area contributed by atoms with Crippen molar-refractivity contribution in [2.75, 3.05) is 11.9 Å². The highest BCUT2D eigenvalue weighted by atomic mass is 16.1. The molecule has 0 atom stereocenters. The summed E-state index contributed by atoms with van der Waals surface area (Å²) in [6.07, 6.45) is 1.68. The number of hydrogen-bond donors (Lipinski definition) is 2. The first-order valence-electron chi connectivity index (χ1n) is 5.04. The summed E-state index contributed by atoms with van der Waals surface area (Å²) in [5, 5.41) is 5.85. The Morgan fingerprint density at radius 2 is 2.27 bits per heavy atom. The molecule has 0 fully saturated rings. The van der Waals surface area contributed by atoms with Gasteiger partial charge < -0.3 is 10.6 Å². The molecule has 82 valence electrons. The number of nitrogens with zero attached hydrogens (tertiary/aromatic N) is 1. The van der Waals surface area contributed by atoms with Gasteiger partial charge in [-0.05, 0) is 19.1 Å². The van der Waals surface area contributed by atoms with Crippen LogP contribution in [0.1, 0.15) is 19.5 Å². The Morgan fingerprint density at radius 3 is 2.87 bits per heavy atom. The third kappa shape index (κ3) is 4.56. The highest BCUT2D eigenvalue weighted by molar-refractivity contribution is 5.92. The Hall–Kier alpha value is -1.42. The van der Waals surface area contributed by atoms with Crippen LogP contribution in [0, 0.1) is 6.92 Å². The summed E-state index contributed by atoms with van der Waals surface area (Å²) >= 11 is 0. The molecule has 1 amide bonds. The first-order chi connectivity index (χ1) is 7.08. The van der Waals surface area contributed by atoms with Crippen LogP contribution in [0.4, 0.5) is 5.69 Å². The number of pyridine rings is 1. The molecule has 0 aliphatic rings. The molecule has 0 spiro atoms. The van der Waals surface area contributed by atoms with Crippen LogP contribution in [0.25, 0.3) is 0 Å². The molecule has 1 rings (SSSR count). The van der Waals surface area contributed by atoms with Gasteiger partial charge in [0.05, 0.1) is 6.54 Å². The second-order valence-electron chi connectivity index (χ2n) is 3.77. The number of aryl methyl sites for hydroxylation is 1. The second kappa shape index (κ2) is 5.46. The topological polar surface area (TPSA) is 54.0 Å². The molecule has 4 nitrogen and oxygen atoms in total. The zero-order valence-electron chi connectivity index (χ0n) is 9.37. The molecular weight excluding hydrogens is 190 g/mol. The Bertz CT molecular complexity index is 336. The van der Waals surface area contributed by atoms with Crippen molar-refractivity contribution in [2.24, 2.45) is 0 Å². The fraction of sp³-hybridized carbons (Fsp3) is 0.455. The van der Waals surface area contributed by atoms with Gasteiger partial charge in [0.1, 0.15) is 0 Å². The van der Waals surface area contributed by atoms with Crippen molar-refractivity contribution in [1.82, 2.24) is 10.3 Å². The van der Waals surface area contributed by atoms with Gasteiger partial charge in [-0.1, -0.05) is 13.8 Å². The molecule has 1 aromatic rings. The molecule has 1 heterocycles. The first-order valence-corrected chi connectivity index (χ1v) is 5.04. The number of hydrogen-bond acceptors (Lipinski definition) is 3. The minimum Gasteiger partial charge on any atom is -0.325 e. The van der Waals surface area contributed by atoms with Gasteiger partial charge in [-0.3, -0.25) is 9.78 Å². The fourth-order valence-corrected chi connectivity index (χ4v) is 1.13. The molecule has 0 saturated heterocycles. The molecule has 0 unspecified atom stereocenters. The largest absolute Gasteiger partial charge is 0.325 e. The Labute approximate surface area is 90.1 Å². The number of nitrogens with one attached hydrogen (secondary N) is 2. The molecule has 0 aromatic carbocycles. The van der Waals surface area contributed by atoms with Crippen LogP contribution in [0.3, 0.4) is 0 Å². The maximum atomic E-state index is 11.4. The van der Waals surface area contributed by atoms with E-state index in [1.807, 2.05) is 26.8 Å². The number of carbonyl (C=O) groups is 1. The quantitative estimate of drug-likeness (QED) is 0.783. The average Bonchev–Trinajstić information content (AvgIpc) is 2.15. The molecule has 0 saturated carbocycles. The van der Waals surface area contributed by atoms with Crippen LogP contribution in [-0.2, 0) is 4.79 Å². The Kier molecular flexibility index (Phi) is 4.24. The monoisotopic (exact) mass is 207 g/mol. The maximum Gasteiger partial charge on any atom is 0.238 e. The van der Waals surface area contributed by atoms with E-state index in [0.29, 0.717) is 12.6 Å². The van der Waals surface area contributed by atoms with Crippen LogP contribution in [0.15, 0.2) is 18.3 Å². The van der Waals surface area contributed by atoms with Gasteiger partial charge >= 0.3 is 0 Å². The molecule has 15 heavy (non-hydrogen) atoms. The minimum atomic E-state index is -0.0331. The standard InChI is InChI=1S/C11H17N3O/c1-8(2)13-7-11(15)14-10-4-5-12-9(3)6-10/h4-6,8,13H,7H2,1-3H3,(H,12,14,15). The van der Waals surface area contributed by atoms with Crippen molar-refractivity contribution in [2.45, 2.75) is 26.8 Å². The van der Waals surface area contributed by atoms with E-state index in [2.05, 4.69) is 15.6 Å². The summed E-state index contributed by atoms with van der Waals surface area (Å²) in [7, 11) is 0. The summed E-state index contributed by atoms with van der Waals surface area (Å²) in [4.78, 5) is 15.5. The lowest BCUT2D eigenvalue weighted by Crippen LogP contribution is -2.32. The van der Waals surface area contributed by atoms with E-state index in [0.717, 1.165) is 11.4 Å². The summed E-state index contributed by atoms with van der Waals surface area (Å²) in [6.45, 7) is 6.23. The first kappa shape index (κ1) is 11.7. The van der Waals surface area contributed by atoms with Crippen molar-refractivity contribution in [3.05, 3.63) is 24.0 Å². The number of anilines is 1. The molecular formula is C11H17N3O. The van der Waals surface area contributed by atoms with Gasteiger partial charge in [0.2, 0.25) is 5.91 Å². The lowest BCUT2D eigenvalue weighted by atomic mass is 10.3. The molecule has 1 aromatic heterocycles. The smallest absolute Gasteiger partial charge is 0.238 e. The van der Waals surface area contributed by atoms with Crippen LogP contribution < -0.4 is 10.6 Å². The summed E-state index contributed by atoms with van der Waals surface area (Å²) in [5.74, 6) is -0.0331. The molecule has 0 aliphatic heterocycles. The average molecular weight is 207 g/mol. The number of aromatic nitrogens is 1. The van der Waals surface area contributed by atoms with Crippen molar-refractivity contribution < 1.29 is 4.79 Å². The highest BCUT2D eigenvalue weighted by Gasteiger charge is 2.02. The zero-order valence-corrected chi connectivity index (χ0v) is 9.37. The van der Waals surface area contributed by atoms with E-state index in [1.54, 1.807) is 12.3 Å². The maximum absolute atomic E-state index is 11.4. The van der Waals surface area contributed by atoms with E-state index in [4.69, 9.17) is 0 Å². The zero-order chi connectivity index (χ0) is 11.3. The number of carbonyl (C=O) groups excluding carboxylic acids is 1. The molecule has 0 bridgehead atoms. The Balaban J connectivity index is 2.44. The second-order valence-corrected chi connectivity index (χ2v) is 3.77. The highest BCUT2D eigenvalue weighted by Crippen LogP contribution is 2.06. The van der Waals surface area contributed by atoms with Crippen molar-refractivity contribution in [3.8, 4) is 0 Å². The van der Waals surface area contributed by atoms with Gasteiger partial charge in [-0.15, -0.1) is 0 Å². The van der Waals surface area contributed by atoms with Crippen LogP contribution >= 0.6 is 0 Å². The van der Waals surface area contributed by atoms with Crippen LogP contribution in [-0.4, -0.2) is 23.5 Å². The van der Waals surface area contributed by atoms with E-state index in [9.17, 15) is 4.79 Å². The van der Waals surface area contributed by atoms with Crippen molar-refractivity contribution >= 4 is 11.6 Å². The number of amides is 1. The molecule has 0 aliphatic carbocycles. The van der Waals surface area contributed by atoms with E-state index < -0.39 is 0 Å². The lowest BCUT2D eigenvalue weighted by Gasteiger charge is -2.08. The van der Waals surface area contributed by atoms with Crippen molar-refractivity contribution in [3.63, 3.8) is 0 Å². The fourth-order valence-electron chi connectivity index (χ4n) is 1.13. The van der Waals surface area contributed by atoms with Gasteiger partial charge in [0.15, 0.2) is 0 Å². The van der Waals surface area contributed by atoms with Gasteiger partial charge in [-0.25, -0.2) is 0 Å². The Morgan fingerprint density at radius 1 is 1.53 bits per heavy atom. The normalized spacial score (nSPS) is 10.4. The predicted molar refractivity (Wildman–Crippen MR) is 60.7 cm³/mol. The molecule has 0 radical (unpaired) electrons. The van der Waals surface area contributed by atoms with Crippen molar-refractivity contribution in [1.29, 1.82) is 0 Å². The van der Waals surface area contributed by atoms with Crippen LogP contribution in [0.5, 0.6) is 0 Å². The van der Waals surface area contributed by atoms with E-state index in [1.165, 1.54) is 0 Å². The summed E-state index contributed by atoms with van der Waals surface area (Å²) in [6, 6.07) is 3.93. The van der Waals surface area contributed by atoms with Gasteiger partial charge in [0.25, 0.3) is 0 Å². The molecule has 4 heteroatoms. The van der Waals surface area contributed by atoms with E-state index in [-0.39, 0.29) is 5.91 Å². The third-order valence-electron chi connectivity index (χ3n) is 1.85. The summed E-state index contributed by atoms with van der Waals surface area (Å²) < 4.78 is 0. The predicted octanol–water partition coefficient (Wildman–Crippen LogP) is 1.33. The van der Waals surface area contributed by atoms with Crippen LogP contribution in [0.2, 0.25) is 0 Å². The lowest BCUT2D eigenvalue weighted by molar-refractivity contribution is -0.115. The van der Waals surface area contributed by atoms with Gasteiger partial charge in [-0.2, -0.15) is 0 Å². The summed E-state index contributed by atoms with van der Waals surface area (Å²) in [5.41, 5.74) is 1.68. The molecule has 2 N–H and O–H groups in total. The van der Waals surface area contributed by atoms with Gasteiger partial charge in [0, 0.05) is 23.6 Å².